The van der Waals surface area contributed by atoms with Gasteiger partial charge >= 0.3 is 0 Å². The Morgan fingerprint density at radius 3 is 2.10 bits per heavy atom. The summed E-state index contributed by atoms with van der Waals surface area (Å²) in [7, 11) is -1.34. The van der Waals surface area contributed by atoms with E-state index in [1.54, 1.807) is 0 Å². The Kier molecular flexibility index (Phi) is 12.3. The summed E-state index contributed by atoms with van der Waals surface area (Å²) in [6.45, 7) is 22.5. The number of benzene rings is 5. The van der Waals surface area contributed by atoms with E-state index in [0.717, 1.165) is 73.4 Å². The maximum absolute atomic E-state index is 6.55. The summed E-state index contributed by atoms with van der Waals surface area (Å²) >= 11 is 0. The minimum atomic E-state index is -1.34. The molecular weight excluding hydrogens is 929 g/mol. The van der Waals surface area contributed by atoms with E-state index in [9.17, 15) is 0 Å². The second-order valence-electron chi connectivity index (χ2n) is 17.4. The Morgan fingerprint density at radius 2 is 1.42 bits per heavy atom. The molecule has 5 aromatic carbocycles. The molecule has 305 valence electrons. The van der Waals surface area contributed by atoms with Crippen LogP contribution in [0.1, 0.15) is 47.2 Å². The van der Waals surface area contributed by atoms with Crippen molar-refractivity contribution < 1.29 is 24.5 Å². The molecule has 7 heteroatoms. The summed E-state index contributed by atoms with van der Waals surface area (Å²) in [4.78, 5) is 14.8. The number of aromatic nitrogens is 4. The quantitative estimate of drug-likeness (QED) is 0.118. The van der Waals surface area contributed by atoms with Gasteiger partial charge in [-0.15, -0.1) is 54.1 Å². The first-order chi connectivity index (χ1) is 28.3. The van der Waals surface area contributed by atoms with Crippen LogP contribution in [-0.4, -0.2) is 27.6 Å². The largest absolute Gasteiger partial charge is 0.486 e. The second-order valence-corrected chi connectivity index (χ2v) is 22.4. The third-order valence-corrected chi connectivity index (χ3v) is 13.2. The fraction of sp³-hybridized carbons (Fsp3) is 0.226. The average Bonchev–Trinajstić information content (AvgIpc) is 3.76. The zero-order chi connectivity index (χ0) is 41.6. The Bertz CT molecular complexity index is 2950. The molecule has 9 aromatic rings. The van der Waals surface area contributed by atoms with Crippen molar-refractivity contribution in [1.82, 2.24) is 19.5 Å². The Morgan fingerprint density at radius 1 is 0.700 bits per heavy atom. The zero-order valence-electron chi connectivity index (χ0n) is 36.3. The molecule has 1 radical (unpaired) electrons. The van der Waals surface area contributed by atoms with Crippen LogP contribution in [0, 0.1) is 52.7 Å². The van der Waals surface area contributed by atoms with Crippen LogP contribution in [0.2, 0.25) is 19.6 Å². The molecule has 0 bridgehead atoms. The van der Waals surface area contributed by atoms with Gasteiger partial charge in [-0.1, -0.05) is 104 Å². The van der Waals surface area contributed by atoms with E-state index in [1.165, 1.54) is 38.6 Å². The van der Waals surface area contributed by atoms with Crippen molar-refractivity contribution in [3.05, 3.63) is 161 Å². The molecule has 0 saturated heterocycles. The maximum atomic E-state index is 6.55. The topological polar surface area (TPSA) is 56.7 Å². The molecule has 60 heavy (non-hydrogen) atoms. The molecule has 0 unspecified atom stereocenters. The molecule has 0 fully saturated rings. The summed E-state index contributed by atoms with van der Waals surface area (Å²) in [5.41, 5.74) is 17.0. The van der Waals surface area contributed by atoms with Crippen LogP contribution in [-0.2, 0) is 26.5 Å². The molecule has 9 rings (SSSR count). The summed E-state index contributed by atoms with van der Waals surface area (Å²) in [5, 5.41) is 3.49. The standard InChI is InChI=1S/C35H28N3O.C18H24NSi.Ir/c1-20-18-23(4)32(24(5)19-20)38-30-15-7-6-14-28(30)36-34(38)27-13-9-12-25-26-16-17-29(37-35(26)39-33(25)27)31-21(2)10-8-11-22(31)3;1-14(2)11-16-12-17(15-9-7-6-8-10-15)19-13-18(16)20(3,4)5;/h6-12,14-19H,1-5H3;6-9,12-14H,11H2,1-5H3;/q2*-1;. The SMILES string of the molecule is CC(C)Cc1cc(-c2[c-]cccc2)ncc1[Si](C)(C)C.Cc1cc(C)c(-n2c(-c3[c-]ccc4c3oc3nc(-c5c(C)cccc5C)ccc34)nc3ccccc32)c(C)c1.[Ir]. The van der Waals surface area contributed by atoms with Crippen molar-refractivity contribution in [1.29, 1.82) is 0 Å². The molecule has 0 N–H and O–H groups in total. The van der Waals surface area contributed by atoms with Crippen LogP contribution in [0.3, 0.4) is 0 Å². The Labute approximate surface area is 369 Å². The van der Waals surface area contributed by atoms with E-state index < -0.39 is 8.07 Å². The number of aryl methyl sites for hydroxylation is 5. The minimum absolute atomic E-state index is 0. The van der Waals surface area contributed by atoms with Gasteiger partial charge < -0.3 is 14.0 Å². The first-order valence-corrected chi connectivity index (χ1v) is 24.1. The smallest absolute Gasteiger partial charge is 0.216 e. The Balaban J connectivity index is 0.000000220. The fourth-order valence-electron chi connectivity index (χ4n) is 8.57. The van der Waals surface area contributed by atoms with Gasteiger partial charge in [0, 0.05) is 42.9 Å². The molecule has 4 heterocycles. The van der Waals surface area contributed by atoms with Crippen molar-refractivity contribution in [2.75, 3.05) is 0 Å². The van der Waals surface area contributed by atoms with Gasteiger partial charge in [-0.25, -0.2) is 4.98 Å². The van der Waals surface area contributed by atoms with Crippen LogP contribution >= 0.6 is 0 Å². The molecule has 0 saturated carbocycles. The minimum Gasteiger partial charge on any atom is -0.486 e. The normalized spacial score (nSPS) is 11.6. The fourth-order valence-corrected chi connectivity index (χ4v) is 10.2. The first-order valence-electron chi connectivity index (χ1n) is 20.6. The van der Waals surface area contributed by atoms with Crippen molar-refractivity contribution >= 4 is 46.4 Å². The molecule has 5 nitrogen and oxygen atoms in total. The van der Waals surface area contributed by atoms with E-state index in [2.05, 4.69) is 175 Å². The zero-order valence-corrected chi connectivity index (χ0v) is 39.7. The van der Waals surface area contributed by atoms with Gasteiger partial charge in [0.05, 0.1) is 36.2 Å². The molecule has 0 aliphatic rings. The summed E-state index contributed by atoms with van der Waals surface area (Å²) in [6.07, 6.45) is 3.24. The molecule has 4 aromatic heterocycles. The number of hydrogen-bond donors (Lipinski definition) is 0. The van der Waals surface area contributed by atoms with Gasteiger partial charge in [-0.3, -0.25) is 4.98 Å². The molecular formula is C53H52IrN4OSi-2. The second kappa shape index (κ2) is 17.3. The number of fused-ring (bicyclic) bond motifs is 4. The number of hydrogen-bond acceptors (Lipinski definition) is 4. The van der Waals surface area contributed by atoms with Crippen LogP contribution in [0.5, 0.6) is 0 Å². The van der Waals surface area contributed by atoms with E-state index in [-0.39, 0.29) is 20.1 Å². The van der Waals surface area contributed by atoms with Crippen molar-refractivity contribution in [2.45, 2.75) is 74.5 Å². The summed E-state index contributed by atoms with van der Waals surface area (Å²) < 4.78 is 8.81. The Hall–Kier alpha value is -5.46. The van der Waals surface area contributed by atoms with E-state index in [0.29, 0.717) is 11.6 Å². The van der Waals surface area contributed by atoms with Gasteiger partial charge in [0.1, 0.15) is 0 Å². The predicted molar refractivity (Wildman–Crippen MR) is 250 cm³/mol. The molecule has 0 amide bonds. The number of imidazole rings is 1. The van der Waals surface area contributed by atoms with E-state index in [1.807, 2.05) is 30.3 Å². The van der Waals surface area contributed by atoms with Crippen LogP contribution < -0.4 is 5.19 Å². The van der Waals surface area contributed by atoms with Crippen molar-refractivity contribution in [3.8, 4) is 39.6 Å². The molecule has 0 aliphatic carbocycles. The van der Waals surface area contributed by atoms with E-state index in [4.69, 9.17) is 14.4 Å². The molecule has 0 atom stereocenters. The van der Waals surface area contributed by atoms with E-state index >= 15 is 0 Å². The van der Waals surface area contributed by atoms with Crippen LogP contribution in [0.25, 0.3) is 72.7 Å². The van der Waals surface area contributed by atoms with Gasteiger partial charge in [0.25, 0.3) is 0 Å². The van der Waals surface area contributed by atoms with Gasteiger partial charge in [-0.05, 0) is 104 Å². The van der Waals surface area contributed by atoms with Gasteiger partial charge in [-0.2, -0.15) is 0 Å². The number of furan rings is 1. The third-order valence-electron chi connectivity index (χ3n) is 11.1. The number of para-hydroxylation sites is 2. The number of pyridine rings is 2. The average molecular weight is 981 g/mol. The number of nitrogens with zero attached hydrogens (tertiary/aromatic N) is 4. The van der Waals surface area contributed by atoms with Crippen molar-refractivity contribution in [2.24, 2.45) is 5.92 Å². The predicted octanol–water partition coefficient (Wildman–Crippen LogP) is 13.3. The number of rotatable bonds is 7. The third kappa shape index (κ3) is 8.32. The maximum Gasteiger partial charge on any atom is 0.216 e. The van der Waals surface area contributed by atoms with Crippen LogP contribution in [0.15, 0.2) is 120 Å². The van der Waals surface area contributed by atoms with Gasteiger partial charge in [0.2, 0.25) is 5.71 Å². The molecule has 0 aliphatic heterocycles. The van der Waals surface area contributed by atoms with Crippen molar-refractivity contribution in [3.63, 3.8) is 0 Å². The first kappa shape index (κ1) is 42.7. The summed E-state index contributed by atoms with van der Waals surface area (Å²) in [6, 6.07) is 44.4. The monoisotopic (exact) mass is 981 g/mol. The molecule has 0 spiro atoms. The van der Waals surface area contributed by atoms with Gasteiger partial charge in [0.15, 0.2) is 0 Å². The summed E-state index contributed by atoms with van der Waals surface area (Å²) in [5.74, 6) is 1.48. The van der Waals surface area contributed by atoms with Crippen LogP contribution in [0.4, 0.5) is 0 Å².